The molecule has 0 bridgehead atoms. The smallest absolute Gasteiger partial charge is 0.287 e. The fourth-order valence-electron chi connectivity index (χ4n) is 2.41. The minimum Gasteiger partial charge on any atom is -0.444 e. The van der Waals surface area contributed by atoms with Crippen LogP contribution in [-0.4, -0.2) is 23.7 Å². The van der Waals surface area contributed by atoms with Crippen LogP contribution in [0, 0.1) is 12.8 Å². The maximum atomic E-state index is 12.0. The van der Waals surface area contributed by atoms with Gasteiger partial charge in [-0.1, -0.05) is 0 Å². The van der Waals surface area contributed by atoms with Crippen LogP contribution in [0.2, 0.25) is 0 Å². The molecule has 0 spiro atoms. The third-order valence-corrected chi connectivity index (χ3v) is 3.92. The van der Waals surface area contributed by atoms with Crippen LogP contribution in [0.15, 0.2) is 15.2 Å². The third-order valence-electron chi connectivity index (χ3n) is 3.53. The highest BCUT2D eigenvalue weighted by Crippen LogP contribution is 2.25. The molecule has 0 aliphatic heterocycles. The van der Waals surface area contributed by atoms with Crippen molar-refractivity contribution in [1.82, 2.24) is 5.32 Å². The lowest BCUT2D eigenvalue weighted by Gasteiger charge is -2.27. The molecule has 0 atom stereocenters. The fraction of sp³-hybridized carbons (Fsp3) is 0.615. The standard InChI is InChI=1S/C13H18BrNO3/c1-8-6-11(14)18-12(8)13(17)15-10-4-2-9(7-16)3-5-10/h6,9-10,16H,2-5,7H2,1H3,(H,15,17). The average Bonchev–Trinajstić information content (AvgIpc) is 2.69. The van der Waals surface area contributed by atoms with E-state index < -0.39 is 0 Å². The van der Waals surface area contributed by atoms with Gasteiger partial charge in [0.15, 0.2) is 10.4 Å². The first-order valence-electron chi connectivity index (χ1n) is 6.27. The van der Waals surface area contributed by atoms with Crippen LogP contribution in [0.25, 0.3) is 0 Å². The van der Waals surface area contributed by atoms with Gasteiger partial charge in [-0.05, 0) is 60.5 Å². The molecule has 1 aromatic rings. The van der Waals surface area contributed by atoms with Crippen LogP contribution >= 0.6 is 15.9 Å². The van der Waals surface area contributed by atoms with Gasteiger partial charge in [-0.3, -0.25) is 4.79 Å². The van der Waals surface area contributed by atoms with E-state index in [4.69, 9.17) is 9.52 Å². The van der Waals surface area contributed by atoms with E-state index in [9.17, 15) is 4.79 Å². The Bertz CT molecular complexity index is 422. The number of rotatable bonds is 3. The highest BCUT2D eigenvalue weighted by atomic mass is 79.9. The molecule has 0 unspecified atom stereocenters. The summed E-state index contributed by atoms with van der Waals surface area (Å²) in [7, 11) is 0. The Morgan fingerprint density at radius 3 is 2.67 bits per heavy atom. The van der Waals surface area contributed by atoms with Crippen molar-refractivity contribution in [3.05, 3.63) is 22.1 Å². The molecule has 2 rings (SSSR count). The second-order valence-electron chi connectivity index (χ2n) is 4.94. The van der Waals surface area contributed by atoms with Crippen molar-refractivity contribution in [1.29, 1.82) is 0 Å². The van der Waals surface area contributed by atoms with Crippen molar-refractivity contribution in [3.63, 3.8) is 0 Å². The molecule has 1 heterocycles. The highest BCUT2D eigenvalue weighted by molar-refractivity contribution is 9.10. The number of furan rings is 1. The summed E-state index contributed by atoms with van der Waals surface area (Å²) in [6.45, 7) is 2.11. The largest absolute Gasteiger partial charge is 0.444 e. The molecule has 18 heavy (non-hydrogen) atoms. The van der Waals surface area contributed by atoms with E-state index in [-0.39, 0.29) is 18.6 Å². The van der Waals surface area contributed by atoms with E-state index in [1.54, 1.807) is 6.07 Å². The number of hydrogen-bond acceptors (Lipinski definition) is 3. The van der Waals surface area contributed by atoms with Crippen molar-refractivity contribution in [2.24, 2.45) is 5.92 Å². The molecule has 2 N–H and O–H groups in total. The van der Waals surface area contributed by atoms with Gasteiger partial charge in [0, 0.05) is 18.2 Å². The lowest BCUT2D eigenvalue weighted by molar-refractivity contribution is 0.0884. The van der Waals surface area contributed by atoms with Crippen LogP contribution in [0.5, 0.6) is 0 Å². The van der Waals surface area contributed by atoms with Crippen LogP contribution in [0.4, 0.5) is 0 Å². The van der Waals surface area contributed by atoms with Crippen molar-refractivity contribution in [2.45, 2.75) is 38.6 Å². The summed E-state index contributed by atoms with van der Waals surface area (Å²) in [5.74, 6) is 0.634. The molecule has 0 aromatic carbocycles. The monoisotopic (exact) mass is 315 g/mol. The van der Waals surface area contributed by atoms with E-state index in [2.05, 4.69) is 21.2 Å². The number of amides is 1. The number of halogens is 1. The first-order chi connectivity index (χ1) is 8.60. The van der Waals surface area contributed by atoms with Gasteiger partial charge in [0.25, 0.3) is 5.91 Å². The van der Waals surface area contributed by atoms with Gasteiger partial charge in [-0.2, -0.15) is 0 Å². The predicted octanol–water partition coefficient (Wildman–Crippen LogP) is 2.63. The second kappa shape index (κ2) is 5.89. The lowest BCUT2D eigenvalue weighted by atomic mass is 9.86. The number of hydrogen-bond donors (Lipinski definition) is 2. The van der Waals surface area contributed by atoms with E-state index >= 15 is 0 Å². The summed E-state index contributed by atoms with van der Waals surface area (Å²) in [5, 5.41) is 12.1. The molecule has 100 valence electrons. The van der Waals surface area contributed by atoms with Crippen LogP contribution < -0.4 is 5.32 Å². The molecule has 1 fully saturated rings. The quantitative estimate of drug-likeness (QED) is 0.901. The Morgan fingerprint density at radius 2 is 2.17 bits per heavy atom. The molecule has 1 aliphatic carbocycles. The first kappa shape index (κ1) is 13.6. The van der Waals surface area contributed by atoms with Gasteiger partial charge < -0.3 is 14.8 Å². The molecular formula is C13H18BrNO3. The normalized spacial score (nSPS) is 23.9. The zero-order chi connectivity index (χ0) is 13.1. The molecule has 1 aromatic heterocycles. The molecule has 4 nitrogen and oxygen atoms in total. The summed E-state index contributed by atoms with van der Waals surface area (Å²) in [6.07, 6.45) is 3.81. The van der Waals surface area contributed by atoms with Crippen molar-refractivity contribution >= 4 is 21.8 Å². The SMILES string of the molecule is Cc1cc(Br)oc1C(=O)NC1CCC(CO)CC1. The number of aryl methyl sites for hydroxylation is 1. The third kappa shape index (κ3) is 3.14. The number of aliphatic hydroxyl groups is 1. The topological polar surface area (TPSA) is 62.5 Å². The average molecular weight is 316 g/mol. The van der Waals surface area contributed by atoms with Gasteiger partial charge >= 0.3 is 0 Å². The van der Waals surface area contributed by atoms with Crippen molar-refractivity contribution < 1.29 is 14.3 Å². The van der Waals surface area contributed by atoms with E-state index in [1.807, 2.05) is 6.92 Å². The summed E-state index contributed by atoms with van der Waals surface area (Å²) < 4.78 is 5.90. The maximum absolute atomic E-state index is 12.0. The summed E-state index contributed by atoms with van der Waals surface area (Å²) in [4.78, 5) is 12.0. The van der Waals surface area contributed by atoms with Gasteiger partial charge in [0.2, 0.25) is 0 Å². The Kier molecular flexibility index (Phi) is 4.45. The first-order valence-corrected chi connectivity index (χ1v) is 7.07. The number of nitrogens with one attached hydrogen (secondary N) is 1. The van der Waals surface area contributed by atoms with Crippen molar-refractivity contribution in [2.75, 3.05) is 6.61 Å². The number of aliphatic hydroxyl groups excluding tert-OH is 1. The zero-order valence-electron chi connectivity index (χ0n) is 10.4. The summed E-state index contributed by atoms with van der Waals surface area (Å²) in [5.41, 5.74) is 0.836. The number of carbonyl (C=O) groups excluding carboxylic acids is 1. The Labute approximate surface area is 115 Å². The summed E-state index contributed by atoms with van der Waals surface area (Å²) >= 11 is 3.22. The molecule has 5 heteroatoms. The highest BCUT2D eigenvalue weighted by Gasteiger charge is 2.24. The van der Waals surface area contributed by atoms with Gasteiger partial charge in [-0.15, -0.1) is 0 Å². The number of carbonyl (C=O) groups is 1. The van der Waals surface area contributed by atoms with Crippen molar-refractivity contribution in [3.8, 4) is 0 Å². The maximum Gasteiger partial charge on any atom is 0.287 e. The lowest BCUT2D eigenvalue weighted by Crippen LogP contribution is -2.38. The van der Waals surface area contributed by atoms with E-state index in [0.717, 1.165) is 31.2 Å². The molecule has 1 saturated carbocycles. The van der Waals surface area contributed by atoms with Crippen LogP contribution in [-0.2, 0) is 0 Å². The van der Waals surface area contributed by atoms with Gasteiger partial charge in [0.05, 0.1) is 0 Å². The van der Waals surface area contributed by atoms with Crippen LogP contribution in [0.1, 0.15) is 41.8 Å². The molecular weight excluding hydrogens is 298 g/mol. The molecule has 0 radical (unpaired) electrons. The molecule has 1 amide bonds. The van der Waals surface area contributed by atoms with Gasteiger partial charge in [-0.25, -0.2) is 0 Å². The minimum atomic E-state index is -0.148. The second-order valence-corrected chi connectivity index (χ2v) is 5.72. The zero-order valence-corrected chi connectivity index (χ0v) is 12.0. The Morgan fingerprint density at radius 1 is 1.50 bits per heavy atom. The Hall–Kier alpha value is -0.810. The molecule has 1 aliphatic rings. The van der Waals surface area contributed by atoms with Gasteiger partial charge in [0.1, 0.15) is 0 Å². The summed E-state index contributed by atoms with van der Waals surface area (Å²) in [6, 6.07) is 1.99. The van der Waals surface area contributed by atoms with E-state index in [1.165, 1.54) is 0 Å². The minimum absolute atomic E-state index is 0.148. The van der Waals surface area contributed by atoms with Crippen LogP contribution in [0.3, 0.4) is 0 Å². The fourth-order valence-corrected chi connectivity index (χ4v) is 2.91. The van der Waals surface area contributed by atoms with E-state index in [0.29, 0.717) is 16.3 Å². The molecule has 0 saturated heterocycles. The predicted molar refractivity (Wildman–Crippen MR) is 71.4 cm³/mol. The Balaban J connectivity index is 1.90.